The average molecular weight is 549 g/mol. The number of aliphatic hydroxyl groups excluding tert-OH is 1. The Morgan fingerprint density at radius 1 is 1.05 bits per heavy atom. The van der Waals surface area contributed by atoms with Gasteiger partial charge in [-0.3, -0.25) is 4.79 Å². The molecule has 39 heavy (non-hydrogen) atoms. The number of aliphatic hydroxyl groups is 1. The number of rotatable bonds is 8. The summed E-state index contributed by atoms with van der Waals surface area (Å²) in [6, 6.07) is 17.0. The van der Waals surface area contributed by atoms with Crippen LogP contribution in [0.1, 0.15) is 41.9 Å². The quantitative estimate of drug-likeness (QED) is 0.253. The summed E-state index contributed by atoms with van der Waals surface area (Å²) < 4.78 is 16.9. The van der Waals surface area contributed by atoms with Crippen LogP contribution in [0.25, 0.3) is 22.0 Å². The minimum absolute atomic E-state index is 0.122. The molecule has 1 amide bonds. The van der Waals surface area contributed by atoms with Gasteiger partial charge in [-0.2, -0.15) is 0 Å². The second-order valence-corrected chi connectivity index (χ2v) is 10.7. The fourth-order valence-corrected chi connectivity index (χ4v) is 5.57. The maximum absolute atomic E-state index is 13.9. The lowest BCUT2D eigenvalue weighted by Crippen LogP contribution is -2.54. The number of aryl methyl sites for hydroxylation is 1. The number of ether oxygens (including phenoxy) is 3. The van der Waals surface area contributed by atoms with Crippen molar-refractivity contribution in [2.75, 3.05) is 20.8 Å². The summed E-state index contributed by atoms with van der Waals surface area (Å²) in [4.78, 5) is 17.3. The molecule has 204 valence electrons. The lowest BCUT2D eigenvalue weighted by molar-refractivity contribution is 0.0803. The Hall–Kier alpha value is -3.68. The lowest BCUT2D eigenvalue weighted by atomic mass is 9.80. The standard InChI is InChI=1S/C31H33ClN2O5/c1-18(2)39-26-10-8-19(20-9-11-27(37-3)28(15-20)38-4)14-22(26)30(36)34-31(17-35)13-12-25-23(16-31)21-6-5-7-24(32)29(21)33-25/h5-11,14-15,18,33,35H,12-13,16-17H2,1-4H3,(H,34,36). The average Bonchev–Trinajstić information content (AvgIpc) is 3.31. The molecule has 7 nitrogen and oxygen atoms in total. The number of aromatic nitrogens is 1. The fraction of sp³-hybridized carbons (Fsp3) is 0.323. The molecule has 4 aromatic rings. The van der Waals surface area contributed by atoms with Crippen LogP contribution in [0.4, 0.5) is 0 Å². The number of hydrogen-bond donors (Lipinski definition) is 3. The number of carbonyl (C=O) groups excluding carboxylic acids is 1. The Kier molecular flexibility index (Phi) is 7.47. The molecule has 1 heterocycles. The molecule has 1 atom stereocenters. The van der Waals surface area contributed by atoms with Crippen molar-refractivity contribution in [3.63, 3.8) is 0 Å². The van der Waals surface area contributed by atoms with Crippen molar-refractivity contribution in [3.8, 4) is 28.4 Å². The van der Waals surface area contributed by atoms with Gasteiger partial charge in [0.1, 0.15) is 5.75 Å². The molecule has 0 fully saturated rings. The Morgan fingerprint density at radius 3 is 2.46 bits per heavy atom. The Morgan fingerprint density at radius 2 is 1.77 bits per heavy atom. The van der Waals surface area contributed by atoms with E-state index in [1.165, 1.54) is 0 Å². The third-order valence-corrected chi connectivity index (χ3v) is 7.65. The molecular formula is C31H33ClN2O5. The maximum Gasteiger partial charge on any atom is 0.255 e. The van der Waals surface area contributed by atoms with Crippen LogP contribution >= 0.6 is 11.6 Å². The first kappa shape index (κ1) is 26.9. The molecular weight excluding hydrogens is 516 g/mol. The Bertz CT molecular complexity index is 1530. The molecule has 5 rings (SSSR count). The van der Waals surface area contributed by atoms with Crippen molar-refractivity contribution in [2.24, 2.45) is 0 Å². The number of benzene rings is 3. The Balaban J connectivity index is 1.50. The molecule has 3 aromatic carbocycles. The third-order valence-electron chi connectivity index (χ3n) is 7.33. The zero-order chi connectivity index (χ0) is 27.7. The van der Waals surface area contributed by atoms with Gasteiger partial charge < -0.3 is 29.6 Å². The van der Waals surface area contributed by atoms with Gasteiger partial charge in [-0.1, -0.05) is 35.9 Å². The van der Waals surface area contributed by atoms with Gasteiger partial charge in [0.15, 0.2) is 11.5 Å². The van der Waals surface area contributed by atoms with Crippen LogP contribution in [0.3, 0.4) is 0 Å². The van der Waals surface area contributed by atoms with Crippen LogP contribution in [0.5, 0.6) is 17.2 Å². The number of H-pyrrole nitrogens is 1. The molecule has 1 unspecified atom stereocenters. The fourth-order valence-electron chi connectivity index (χ4n) is 5.35. The van der Waals surface area contributed by atoms with E-state index in [0.29, 0.717) is 47.1 Å². The van der Waals surface area contributed by atoms with E-state index in [0.717, 1.165) is 33.3 Å². The number of hydrogen-bond acceptors (Lipinski definition) is 5. The number of amides is 1. The van der Waals surface area contributed by atoms with Crippen molar-refractivity contribution in [1.29, 1.82) is 0 Å². The summed E-state index contributed by atoms with van der Waals surface area (Å²) in [5.41, 5.74) is 4.33. The first-order valence-electron chi connectivity index (χ1n) is 13.0. The molecule has 0 spiro atoms. The highest BCUT2D eigenvalue weighted by Gasteiger charge is 2.38. The van der Waals surface area contributed by atoms with Crippen LogP contribution in [0.2, 0.25) is 5.02 Å². The van der Waals surface area contributed by atoms with Gasteiger partial charge in [-0.15, -0.1) is 0 Å². The number of carbonyl (C=O) groups is 1. The van der Waals surface area contributed by atoms with Crippen molar-refractivity contribution < 1.29 is 24.1 Å². The van der Waals surface area contributed by atoms with Crippen molar-refractivity contribution in [1.82, 2.24) is 10.3 Å². The number of para-hydroxylation sites is 1. The zero-order valence-corrected chi connectivity index (χ0v) is 23.3. The van der Waals surface area contributed by atoms with Gasteiger partial charge in [-0.25, -0.2) is 0 Å². The van der Waals surface area contributed by atoms with E-state index in [9.17, 15) is 9.90 Å². The van der Waals surface area contributed by atoms with Crippen LogP contribution in [-0.2, 0) is 12.8 Å². The number of aromatic amines is 1. The zero-order valence-electron chi connectivity index (χ0n) is 22.6. The minimum atomic E-state index is -0.823. The van der Waals surface area contributed by atoms with Gasteiger partial charge in [-0.05, 0) is 73.7 Å². The highest BCUT2D eigenvalue weighted by Crippen LogP contribution is 2.38. The third kappa shape index (κ3) is 5.16. The SMILES string of the molecule is COc1ccc(-c2ccc(OC(C)C)c(C(=O)NC3(CO)CCc4[nH]c5c(Cl)cccc5c4C3)c2)cc1OC. The van der Waals surface area contributed by atoms with E-state index in [2.05, 4.69) is 10.3 Å². The predicted molar refractivity (Wildman–Crippen MR) is 153 cm³/mol. The lowest BCUT2D eigenvalue weighted by Gasteiger charge is -2.37. The van der Waals surface area contributed by atoms with Crippen molar-refractivity contribution in [2.45, 2.75) is 44.8 Å². The van der Waals surface area contributed by atoms with Crippen molar-refractivity contribution >= 4 is 28.4 Å². The van der Waals surface area contributed by atoms with Gasteiger partial charge in [0.25, 0.3) is 5.91 Å². The Labute approximate surface area is 233 Å². The van der Waals surface area contributed by atoms with Gasteiger partial charge >= 0.3 is 0 Å². The van der Waals surface area contributed by atoms with E-state index < -0.39 is 5.54 Å². The van der Waals surface area contributed by atoms with Crippen LogP contribution in [-0.4, -0.2) is 48.5 Å². The molecule has 1 aliphatic rings. The van der Waals surface area contributed by atoms with Crippen molar-refractivity contribution in [3.05, 3.63) is 76.4 Å². The number of methoxy groups -OCH3 is 2. The summed E-state index contributed by atoms with van der Waals surface area (Å²) in [6.45, 7) is 3.65. The maximum atomic E-state index is 13.9. The normalized spacial score (nSPS) is 16.7. The van der Waals surface area contributed by atoms with Gasteiger partial charge in [0, 0.05) is 17.5 Å². The highest BCUT2D eigenvalue weighted by atomic mass is 35.5. The molecule has 0 aliphatic heterocycles. The first-order valence-corrected chi connectivity index (χ1v) is 13.4. The largest absolute Gasteiger partial charge is 0.493 e. The van der Waals surface area contributed by atoms with E-state index in [-0.39, 0.29) is 18.6 Å². The molecule has 3 N–H and O–H groups in total. The van der Waals surface area contributed by atoms with Crippen LogP contribution < -0.4 is 19.5 Å². The number of fused-ring (bicyclic) bond motifs is 3. The molecule has 1 aromatic heterocycles. The smallest absolute Gasteiger partial charge is 0.255 e. The van der Waals surface area contributed by atoms with E-state index >= 15 is 0 Å². The summed E-state index contributed by atoms with van der Waals surface area (Å²) >= 11 is 6.43. The molecule has 0 radical (unpaired) electrons. The molecule has 1 aliphatic carbocycles. The number of halogens is 1. The summed E-state index contributed by atoms with van der Waals surface area (Å²) in [6.07, 6.45) is 1.63. The second kappa shape index (κ2) is 10.8. The van der Waals surface area contributed by atoms with Gasteiger partial charge in [0.05, 0.1) is 48.6 Å². The molecule has 0 bridgehead atoms. The molecule has 0 saturated carbocycles. The van der Waals surface area contributed by atoms with Gasteiger partial charge in [0.2, 0.25) is 0 Å². The molecule has 0 saturated heterocycles. The number of nitrogens with one attached hydrogen (secondary N) is 2. The monoisotopic (exact) mass is 548 g/mol. The predicted octanol–water partition coefficient (Wildman–Crippen LogP) is 5.94. The van der Waals surface area contributed by atoms with E-state index in [1.807, 2.05) is 68.4 Å². The molecule has 8 heteroatoms. The summed E-state index contributed by atoms with van der Waals surface area (Å²) in [7, 11) is 3.18. The topological polar surface area (TPSA) is 92.8 Å². The first-order chi connectivity index (χ1) is 18.8. The van der Waals surface area contributed by atoms with E-state index in [4.69, 9.17) is 25.8 Å². The highest BCUT2D eigenvalue weighted by molar-refractivity contribution is 6.35. The van der Waals surface area contributed by atoms with Crippen LogP contribution in [0.15, 0.2) is 54.6 Å². The second-order valence-electron chi connectivity index (χ2n) is 10.3. The summed E-state index contributed by atoms with van der Waals surface area (Å²) in [5.74, 6) is 1.40. The summed E-state index contributed by atoms with van der Waals surface area (Å²) in [5, 5.41) is 15.4. The minimum Gasteiger partial charge on any atom is -0.493 e. The van der Waals surface area contributed by atoms with E-state index in [1.54, 1.807) is 14.2 Å². The van der Waals surface area contributed by atoms with Crippen LogP contribution in [0, 0.1) is 0 Å².